The minimum Gasteiger partial charge on any atom is -0.454 e. The molecule has 2 atom stereocenters. The van der Waals surface area contributed by atoms with E-state index in [2.05, 4.69) is 0 Å². The van der Waals surface area contributed by atoms with E-state index in [0.29, 0.717) is 0 Å². The zero-order chi connectivity index (χ0) is 26.6. The van der Waals surface area contributed by atoms with Crippen molar-refractivity contribution in [2.75, 3.05) is 20.8 Å². The van der Waals surface area contributed by atoms with Gasteiger partial charge in [0.25, 0.3) is 0 Å². The Labute approximate surface area is 213 Å². The number of methoxy groups -OCH3 is 2. The van der Waals surface area contributed by atoms with Crippen LogP contribution in [0.1, 0.15) is 31.1 Å². The summed E-state index contributed by atoms with van der Waals surface area (Å²) in [7, 11) is 2.54. The van der Waals surface area contributed by atoms with Crippen molar-refractivity contribution in [1.82, 2.24) is 0 Å². The van der Waals surface area contributed by atoms with Gasteiger partial charge in [-0.15, -0.1) is 0 Å². The number of hydrogen-bond donors (Lipinski definition) is 0. The molecule has 0 fully saturated rings. The monoisotopic (exact) mass is 506 g/mol. The molecule has 0 aliphatic heterocycles. The van der Waals surface area contributed by atoms with E-state index in [1.807, 2.05) is 0 Å². The number of rotatable bonds is 12. The molecule has 0 aliphatic carbocycles. The topological polar surface area (TPSA) is 114 Å². The summed E-state index contributed by atoms with van der Waals surface area (Å²) in [6.45, 7) is -0.764. The first-order chi connectivity index (χ1) is 17.9. The first kappa shape index (κ1) is 27.3. The molecule has 0 unspecified atom stereocenters. The van der Waals surface area contributed by atoms with Gasteiger partial charge in [0.15, 0.2) is 19.0 Å². The molecule has 0 bridgehead atoms. The number of esters is 3. The van der Waals surface area contributed by atoms with Crippen molar-refractivity contribution in [2.24, 2.45) is 0 Å². The van der Waals surface area contributed by atoms with Gasteiger partial charge >= 0.3 is 17.9 Å². The number of carbonyl (C=O) groups is 4. The van der Waals surface area contributed by atoms with Crippen molar-refractivity contribution in [3.63, 3.8) is 0 Å². The van der Waals surface area contributed by atoms with Crippen molar-refractivity contribution < 1.29 is 42.9 Å². The molecular formula is C28H26O9. The third kappa shape index (κ3) is 7.57. The lowest BCUT2D eigenvalue weighted by Gasteiger charge is -2.30. The highest BCUT2D eigenvalue weighted by molar-refractivity contribution is 5.96. The summed E-state index contributed by atoms with van der Waals surface area (Å²) in [5.74, 6) is -3.27. The highest BCUT2D eigenvalue weighted by Crippen LogP contribution is 2.19. The predicted octanol–water partition coefficient (Wildman–Crippen LogP) is 3.48. The van der Waals surface area contributed by atoms with Crippen LogP contribution in [0.3, 0.4) is 0 Å². The van der Waals surface area contributed by atoms with Crippen molar-refractivity contribution in [3.8, 4) is 0 Å². The maximum absolute atomic E-state index is 13.3. The highest BCUT2D eigenvalue weighted by Gasteiger charge is 2.42. The van der Waals surface area contributed by atoms with Gasteiger partial charge in [-0.05, 0) is 36.4 Å². The molecule has 0 aliphatic rings. The molecule has 0 saturated heterocycles. The predicted molar refractivity (Wildman–Crippen MR) is 131 cm³/mol. The maximum Gasteiger partial charge on any atom is 0.338 e. The largest absolute Gasteiger partial charge is 0.454 e. The summed E-state index contributed by atoms with van der Waals surface area (Å²) in [6, 6.07) is 24.0. The molecule has 37 heavy (non-hydrogen) atoms. The third-order valence-corrected chi connectivity index (χ3v) is 5.20. The average Bonchev–Trinajstić information content (AvgIpc) is 2.95. The lowest BCUT2D eigenvalue weighted by atomic mass is 10.1. The van der Waals surface area contributed by atoms with Crippen LogP contribution < -0.4 is 0 Å². The Morgan fingerprint density at radius 1 is 0.595 bits per heavy atom. The van der Waals surface area contributed by atoms with Crippen LogP contribution in [0, 0.1) is 0 Å². The molecule has 192 valence electrons. The van der Waals surface area contributed by atoms with Crippen LogP contribution in [-0.2, 0) is 28.5 Å². The minimum atomic E-state index is -1.73. The number of benzene rings is 3. The smallest absolute Gasteiger partial charge is 0.338 e. The standard InChI is InChI=1S/C28H26O9/c1-33-28(34-2)24(37-27(32)21-16-10-5-11-17-21)23(36-26(31)20-14-8-4-9-15-20)22(29)18-35-25(30)19-12-6-3-7-13-19/h3-17,23-24,28H,18H2,1-2H3/t23-,24+/m0/s1. The molecule has 0 N–H and O–H groups in total. The van der Waals surface area contributed by atoms with Crippen LogP contribution in [0.5, 0.6) is 0 Å². The van der Waals surface area contributed by atoms with E-state index in [-0.39, 0.29) is 16.7 Å². The first-order valence-corrected chi connectivity index (χ1v) is 11.3. The first-order valence-electron chi connectivity index (χ1n) is 11.3. The molecule has 0 spiro atoms. The molecule has 3 rings (SSSR count). The third-order valence-electron chi connectivity index (χ3n) is 5.20. The van der Waals surface area contributed by atoms with Gasteiger partial charge in [-0.2, -0.15) is 0 Å². The molecule has 0 saturated carbocycles. The van der Waals surface area contributed by atoms with Crippen LogP contribution in [0.15, 0.2) is 91.0 Å². The van der Waals surface area contributed by atoms with Gasteiger partial charge in [-0.25, -0.2) is 14.4 Å². The zero-order valence-corrected chi connectivity index (χ0v) is 20.3. The van der Waals surface area contributed by atoms with Crippen molar-refractivity contribution in [3.05, 3.63) is 108 Å². The quantitative estimate of drug-likeness (QED) is 0.207. The van der Waals surface area contributed by atoms with E-state index in [1.165, 1.54) is 50.6 Å². The number of carbonyl (C=O) groups excluding carboxylic acids is 4. The molecule has 0 radical (unpaired) electrons. The van der Waals surface area contributed by atoms with E-state index in [9.17, 15) is 19.2 Å². The van der Waals surface area contributed by atoms with Crippen molar-refractivity contribution in [2.45, 2.75) is 18.5 Å². The van der Waals surface area contributed by atoms with E-state index in [0.717, 1.165) is 0 Å². The molecule has 0 amide bonds. The molecule has 3 aromatic rings. The normalized spacial score (nSPS) is 12.3. The minimum absolute atomic E-state index is 0.154. The summed E-state index contributed by atoms with van der Waals surface area (Å²) in [5, 5.41) is 0. The van der Waals surface area contributed by atoms with Crippen LogP contribution in [0.25, 0.3) is 0 Å². The van der Waals surface area contributed by atoms with Crippen molar-refractivity contribution in [1.29, 1.82) is 0 Å². The van der Waals surface area contributed by atoms with Crippen LogP contribution in [0.2, 0.25) is 0 Å². The number of ether oxygens (including phenoxy) is 5. The molecule has 3 aromatic carbocycles. The van der Waals surface area contributed by atoms with E-state index < -0.39 is 48.8 Å². The second-order valence-electron chi connectivity index (χ2n) is 7.68. The van der Waals surface area contributed by atoms with Gasteiger partial charge in [0.05, 0.1) is 16.7 Å². The Bertz CT molecular complexity index is 1180. The fourth-order valence-electron chi connectivity index (χ4n) is 3.34. The van der Waals surface area contributed by atoms with Crippen LogP contribution in [-0.4, -0.2) is 63.0 Å². The Balaban J connectivity index is 1.88. The summed E-state index contributed by atoms with van der Waals surface area (Å²) in [6.07, 6.45) is -4.55. The van der Waals surface area contributed by atoms with Gasteiger partial charge in [0.2, 0.25) is 11.9 Å². The second-order valence-corrected chi connectivity index (χ2v) is 7.68. The van der Waals surface area contributed by atoms with Gasteiger partial charge in [0.1, 0.15) is 0 Å². The van der Waals surface area contributed by atoms with Gasteiger partial charge < -0.3 is 23.7 Å². The van der Waals surface area contributed by atoms with Crippen LogP contribution in [0.4, 0.5) is 0 Å². The summed E-state index contributed by atoms with van der Waals surface area (Å²) in [5.41, 5.74) is 0.572. The Morgan fingerprint density at radius 3 is 1.43 bits per heavy atom. The molecule has 9 heteroatoms. The maximum atomic E-state index is 13.3. The Morgan fingerprint density at radius 2 is 1.00 bits per heavy atom. The summed E-state index contributed by atoms with van der Waals surface area (Å²) in [4.78, 5) is 51.4. The number of ketones is 1. The number of Topliss-reactive ketones (excluding diaryl/α,β-unsaturated/α-hetero) is 1. The number of hydrogen-bond acceptors (Lipinski definition) is 9. The summed E-state index contributed by atoms with van der Waals surface area (Å²) >= 11 is 0. The zero-order valence-electron chi connectivity index (χ0n) is 20.3. The Kier molecular flexibility index (Phi) is 10.1. The van der Waals surface area contributed by atoms with Gasteiger partial charge in [-0.3, -0.25) is 4.79 Å². The van der Waals surface area contributed by atoms with Gasteiger partial charge in [0, 0.05) is 14.2 Å². The lowest BCUT2D eigenvalue weighted by molar-refractivity contribution is -0.194. The highest BCUT2D eigenvalue weighted by atomic mass is 16.7. The molecule has 0 heterocycles. The van der Waals surface area contributed by atoms with E-state index >= 15 is 0 Å². The van der Waals surface area contributed by atoms with E-state index in [1.54, 1.807) is 54.6 Å². The van der Waals surface area contributed by atoms with E-state index in [4.69, 9.17) is 23.7 Å². The van der Waals surface area contributed by atoms with Gasteiger partial charge in [-0.1, -0.05) is 54.6 Å². The Hall–Kier alpha value is -4.34. The molecule has 0 aromatic heterocycles. The lowest BCUT2D eigenvalue weighted by Crippen LogP contribution is -2.50. The second kappa shape index (κ2) is 13.7. The fraction of sp³-hybridized carbons (Fsp3) is 0.214. The molecular weight excluding hydrogens is 480 g/mol. The van der Waals surface area contributed by atoms with Crippen LogP contribution >= 0.6 is 0 Å². The fourth-order valence-corrected chi connectivity index (χ4v) is 3.34. The average molecular weight is 507 g/mol. The SMILES string of the molecule is COC(OC)[C@H](OC(=O)c1ccccc1)[C@@H](OC(=O)c1ccccc1)C(=O)COC(=O)c1ccccc1. The van der Waals surface area contributed by atoms with Crippen molar-refractivity contribution >= 4 is 23.7 Å². The molecule has 9 nitrogen and oxygen atoms in total. The summed E-state index contributed by atoms with van der Waals surface area (Å²) < 4.78 is 26.7.